The Hall–Kier alpha value is -3.55. The first-order valence-corrected chi connectivity index (χ1v) is 8.50. The maximum absolute atomic E-state index is 11.7. The third-order valence-electron chi connectivity index (χ3n) is 4.01. The van der Waals surface area contributed by atoms with Crippen molar-refractivity contribution in [3.05, 3.63) is 70.2 Å². The molecule has 8 nitrogen and oxygen atoms in total. The molecule has 0 aliphatic rings. The van der Waals surface area contributed by atoms with Gasteiger partial charge in [0.1, 0.15) is 12.1 Å². The average Bonchev–Trinajstić information content (AvgIpc) is 2.62. The van der Waals surface area contributed by atoms with E-state index in [9.17, 15) is 10.1 Å². The molecular formula is C19H20N6O2. The number of hydrogen-bond acceptors (Lipinski definition) is 7. The summed E-state index contributed by atoms with van der Waals surface area (Å²) in [6, 6.07) is 11.3. The Labute approximate surface area is 156 Å². The molecule has 2 heterocycles. The number of anilines is 4. The summed E-state index contributed by atoms with van der Waals surface area (Å²) >= 11 is 0. The Kier molecular flexibility index (Phi) is 5.25. The van der Waals surface area contributed by atoms with Crippen LogP contribution in [0.15, 0.2) is 48.9 Å². The molecule has 1 aromatic carbocycles. The van der Waals surface area contributed by atoms with Gasteiger partial charge >= 0.3 is 5.69 Å². The van der Waals surface area contributed by atoms with E-state index in [1.54, 1.807) is 12.3 Å². The number of hydrogen-bond donors (Lipinski definition) is 2. The van der Waals surface area contributed by atoms with E-state index in [0.29, 0.717) is 17.4 Å². The van der Waals surface area contributed by atoms with E-state index in [0.717, 1.165) is 5.56 Å². The minimum absolute atomic E-state index is 0.0781. The van der Waals surface area contributed by atoms with Gasteiger partial charge in [-0.05, 0) is 48.2 Å². The van der Waals surface area contributed by atoms with Crippen LogP contribution >= 0.6 is 0 Å². The monoisotopic (exact) mass is 364 g/mol. The van der Waals surface area contributed by atoms with Crippen molar-refractivity contribution in [2.24, 2.45) is 0 Å². The number of nitro groups is 1. The van der Waals surface area contributed by atoms with Gasteiger partial charge in [0, 0.05) is 11.9 Å². The van der Waals surface area contributed by atoms with Crippen LogP contribution in [0.25, 0.3) is 0 Å². The molecule has 2 aromatic heterocycles. The van der Waals surface area contributed by atoms with Gasteiger partial charge in [-0.1, -0.05) is 26.0 Å². The molecule has 0 amide bonds. The van der Waals surface area contributed by atoms with E-state index >= 15 is 0 Å². The lowest BCUT2D eigenvalue weighted by atomic mass is 10.0. The lowest BCUT2D eigenvalue weighted by Crippen LogP contribution is -2.06. The Morgan fingerprint density at radius 2 is 1.67 bits per heavy atom. The molecule has 0 atom stereocenters. The Morgan fingerprint density at radius 1 is 1.00 bits per heavy atom. The highest BCUT2D eigenvalue weighted by Gasteiger charge is 2.23. The van der Waals surface area contributed by atoms with Gasteiger partial charge in [0.05, 0.1) is 4.92 Å². The molecule has 2 N–H and O–H groups in total. The normalized spacial score (nSPS) is 10.7. The van der Waals surface area contributed by atoms with E-state index in [-0.39, 0.29) is 17.3 Å². The fourth-order valence-corrected chi connectivity index (χ4v) is 2.55. The molecule has 138 valence electrons. The number of aryl methyl sites for hydroxylation is 1. The van der Waals surface area contributed by atoms with Crippen LogP contribution in [0, 0.1) is 17.0 Å². The molecule has 0 saturated heterocycles. The second-order valence-corrected chi connectivity index (χ2v) is 6.42. The highest BCUT2D eigenvalue weighted by Crippen LogP contribution is 2.32. The first kappa shape index (κ1) is 18.2. The van der Waals surface area contributed by atoms with Gasteiger partial charge in [-0.25, -0.2) is 15.0 Å². The first-order valence-electron chi connectivity index (χ1n) is 8.50. The number of rotatable bonds is 6. The van der Waals surface area contributed by atoms with Gasteiger partial charge in [0.2, 0.25) is 11.6 Å². The molecular weight excluding hydrogens is 344 g/mol. The van der Waals surface area contributed by atoms with Crippen LogP contribution < -0.4 is 10.6 Å². The van der Waals surface area contributed by atoms with Gasteiger partial charge < -0.3 is 10.6 Å². The summed E-state index contributed by atoms with van der Waals surface area (Å²) in [5.41, 5.74) is 2.63. The molecule has 27 heavy (non-hydrogen) atoms. The summed E-state index contributed by atoms with van der Waals surface area (Å²) < 4.78 is 0. The number of nitrogens with zero attached hydrogens (tertiary/aromatic N) is 4. The number of aromatic nitrogens is 3. The molecule has 0 bridgehead atoms. The first-order chi connectivity index (χ1) is 12.9. The highest BCUT2D eigenvalue weighted by atomic mass is 16.6. The topological polar surface area (TPSA) is 106 Å². The standard InChI is InChI=1S/C19H20N6O2/c1-12(2)14-4-6-15(7-5-14)23-18-17(25(26)27)19(22-11-21-18)24-16-10-13(3)8-9-20-16/h4-12H,1-3H3,(H2,20,21,22,23,24). The molecule has 0 saturated carbocycles. The SMILES string of the molecule is Cc1ccnc(Nc2ncnc(Nc3ccc(C(C)C)cc3)c2[N+](=O)[O-])c1. The van der Waals surface area contributed by atoms with E-state index in [1.165, 1.54) is 11.9 Å². The van der Waals surface area contributed by atoms with Crippen LogP contribution in [-0.4, -0.2) is 19.9 Å². The van der Waals surface area contributed by atoms with Crippen molar-refractivity contribution >= 4 is 28.8 Å². The van der Waals surface area contributed by atoms with E-state index < -0.39 is 4.92 Å². The summed E-state index contributed by atoms with van der Waals surface area (Å²) in [6.45, 7) is 6.12. The minimum Gasteiger partial charge on any atom is -0.334 e. The Bertz CT molecular complexity index is 957. The Morgan fingerprint density at radius 3 is 2.26 bits per heavy atom. The number of nitrogens with one attached hydrogen (secondary N) is 2. The summed E-state index contributed by atoms with van der Waals surface area (Å²) in [5.74, 6) is 1.07. The average molecular weight is 364 g/mol. The third kappa shape index (κ3) is 4.35. The summed E-state index contributed by atoms with van der Waals surface area (Å²) in [4.78, 5) is 23.4. The summed E-state index contributed by atoms with van der Waals surface area (Å²) in [5, 5.41) is 17.6. The van der Waals surface area contributed by atoms with Crippen molar-refractivity contribution in [2.75, 3.05) is 10.6 Å². The van der Waals surface area contributed by atoms with Crippen molar-refractivity contribution in [1.29, 1.82) is 0 Å². The zero-order valence-corrected chi connectivity index (χ0v) is 15.3. The molecule has 0 aliphatic carbocycles. The molecule has 0 aliphatic heterocycles. The quantitative estimate of drug-likeness (QED) is 0.482. The Balaban J connectivity index is 1.92. The lowest BCUT2D eigenvalue weighted by Gasteiger charge is -2.11. The minimum atomic E-state index is -0.511. The summed E-state index contributed by atoms with van der Waals surface area (Å²) in [7, 11) is 0. The maximum Gasteiger partial charge on any atom is 0.353 e. The van der Waals surface area contributed by atoms with E-state index in [1.807, 2.05) is 37.3 Å². The van der Waals surface area contributed by atoms with E-state index in [2.05, 4.69) is 39.4 Å². The smallest absolute Gasteiger partial charge is 0.334 e. The van der Waals surface area contributed by atoms with Crippen LogP contribution in [0.4, 0.5) is 28.8 Å². The van der Waals surface area contributed by atoms with Crippen molar-refractivity contribution < 1.29 is 4.92 Å². The largest absolute Gasteiger partial charge is 0.353 e. The fourth-order valence-electron chi connectivity index (χ4n) is 2.55. The van der Waals surface area contributed by atoms with E-state index in [4.69, 9.17) is 0 Å². The zero-order valence-electron chi connectivity index (χ0n) is 15.3. The lowest BCUT2D eigenvalue weighted by molar-refractivity contribution is -0.383. The molecule has 0 radical (unpaired) electrons. The van der Waals surface area contributed by atoms with Gasteiger partial charge in [0.15, 0.2) is 0 Å². The van der Waals surface area contributed by atoms with Crippen LogP contribution in [0.2, 0.25) is 0 Å². The van der Waals surface area contributed by atoms with Gasteiger partial charge in [-0.3, -0.25) is 10.1 Å². The van der Waals surface area contributed by atoms with Crippen LogP contribution in [-0.2, 0) is 0 Å². The molecule has 3 aromatic rings. The molecule has 8 heteroatoms. The van der Waals surface area contributed by atoms with Crippen LogP contribution in [0.3, 0.4) is 0 Å². The number of benzene rings is 1. The van der Waals surface area contributed by atoms with Crippen molar-refractivity contribution in [2.45, 2.75) is 26.7 Å². The number of pyridine rings is 1. The van der Waals surface area contributed by atoms with Crippen LogP contribution in [0.5, 0.6) is 0 Å². The molecule has 3 rings (SSSR count). The van der Waals surface area contributed by atoms with Gasteiger partial charge in [-0.2, -0.15) is 0 Å². The second-order valence-electron chi connectivity index (χ2n) is 6.42. The maximum atomic E-state index is 11.7. The zero-order chi connectivity index (χ0) is 19.4. The molecule has 0 unspecified atom stereocenters. The second kappa shape index (κ2) is 7.77. The molecule has 0 fully saturated rings. The summed E-state index contributed by atoms with van der Waals surface area (Å²) in [6.07, 6.45) is 2.90. The predicted molar refractivity (Wildman–Crippen MR) is 105 cm³/mol. The van der Waals surface area contributed by atoms with Crippen molar-refractivity contribution in [3.8, 4) is 0 Å². The fraction of sp³-hybridized carbons (Fsp3) is 0.211. The van der Waals surface area contributed by atoms with Crippen molar-refractivity contribution in [1.82, 2.24) is 15.0 Å². The highest BCUT2D eigenvalue weighted by molar-refractivity contribution is 5.76. The molecule has 0 spiro atoms. The van der Waals surface area contributed by atoms with Crippen LogP contribution in [0.1, 0.15) is 30.9 Å². The predicted octanol–water partition coefficient (Wildman–Crippen LogP) is 4.70. The van der Waals surface area contributed by atoms with Gasteiger partial charge in [-0.15, -0.1) is 0 Å². The van der Waals surface area contributed by atoms with Crippen molar-refractivity contribution in [3.63, 3.8) is 0 Å². The van der Waals surface area contributed by atoms with Gasteiger partial charge in [0.25, 0.3) is 0 Å². The third-order valence-corrected chi connectivity index (χ3v) is 4.01.